The van der Waals surface area contributed by atoms with Crippen LogP contribution in [0.25, 0.3) is 10.2 Å². The van der Waals surface area contributed by atoms with E-state index in [1.165, 1.54) is 0 Å². The van der Waals surface area contributed by atoms with Crippen LogP contribution in [0, 0.1) is 6.92 Å². The van der Waals surface area contributed by atoms with Crippen LogP contribution in [0.4, 0.5) is 5.69 Å². The molecule has 0 aliphatic rings. The van der Waals surface area contributed by atoms with Crippen LogP contribution in [0.2, 0.25) is 0 Å². The van der Waals surface area contributed by atoms with Crippen LogP contribution in [-0.4, -0.2) is 24.6 Å². The number of carbonyl (C=O) groups excluding carboxylic acids is 1. The molecule has 0 saturated carbocycles. The van der Waals surface area contributed by atoms with Crippen LogP contribution in [0.5, 0.6) is 0 Å². The maximum atomic E-state index is 11.5. The lowest BCUT2D eigenvalue weighted by atomic mass is 10.3. The predicted molar refractivity (Wildman–Crippen MR) is 69.5 cm³/mol. The molecule has 2 aromatic rings. The van der Waals surface area contributed by atoms with Gasteiger partial charge in [-0.3, -0.25) is 4.79 Å². The smallest absolute Gasteiger partial charge is 0.226 e. The predicted octanol–water partition coefficient (Wildman–Crippen LogP) is 2.58. The molecule has 0 saturated heterocycles. The van der Waals surface area contributed by atoms with Crippen molar-refractivity contribution in [2.24, 2.45) is 0 Å². The monoisotopic (exact) mass is 250 g/mol. The number of ether oxygens (including phenoxy) is 1. The summed E-state index contributed by atoms with van der Waals surface area (Å²) in [6.07, 6.45) is 0.371. The summed E-state index contributed by atoms with van der Waals surface area (Å²) in [5, 5.41) is 3.87. The minimum atomic E-state index is -0.0348. The third-order valence-electron chi connectivity index (χ3n) is 2.31. The summed E-state index contributed by atoms with van der Waals surface area (Å²) in [7, 11) is 1.58. The SMILES string of the molecule is COCCC(=O)Nc1ccc2nc(C)sc2c1. The number of fused-ring (bicyclic) bond motifs is 1. The van der Waals surface area contributed by atoms with Crippen LogP contribution >= 0.6 is 11.3 Å². The summed E-state index contributed by atoms with van der Waals surface area (Å²) < 4.78 is 5.94. The lowest BCUT2D eigenvalue weighted by Crippen LogP contribution is -2.13. The quantitative estimate of drug-likeness (QED) is 0.907. The molecule has 1 heterocycles. The van der Waals surface area contributed by atoms with Gasteiger partial charge in [0.25, 0.3) is 0 Å². The number of amides is 1. The number of anilines is 1. The number of hydrogen-bond donors (Lipinski definition) is 1. The van der Waals surface area contributed by atoms with Crippen molar-refractivity contribution in [1.29, 1.82) is 0 Å². The molecule has 1 aromatic heterocycles. The van der Waals surface area contributed by atoms with Crippen molar-refractivity contribution in [2.45, 2.75) is 13.3 Å². The number of aryl methyl sites for hydroxylation is 1. The first-order chi connectivity index (χ1) is 8.19. The molecule has 0 fully saturated rings. The molecule has 2 rings (SSSR count). The van der Waals surface area contributed by atoms with E-state index in [9.17, 15) is 4.79 Å². The van der Waals surface area contributed by atoms with Gasteiger partial charge in [-0.25, -0.2) is 4.98 Å². The fourth-order valence-electron chi connectivity index (χ4n) is 1.54. The fraction of sp³-hybridized carbons (Fsp3) is 0.333. The van der Waals surface area contributed by atoms with E-state index in [0.29, 0.717) is 13.0 Å². The highest BCUT2D eigenvalue weighted by Crippen LogP contribution is 2.24. The molecule has 1 N–H and O–H groups in total. The average molecular weight is 250 g/mol. The van der Waals surface area contributed by atoms with Gasteiger partial charge in [0.1, 0.15) is 0 Å². The van der Waals surface area contributed by atoms with Crippen molar-refractivity contribution in [3.8, 4) is 0 Å². The number of nitrogens with one attached hydrogen (secondary N) is 1. The summed E-state index contributed by atoms with van der Waals surface area (Å²) in [5.74, 6) is -0.0348. The van der Waals surface area contributed by atoms with Crippen LogP contribution in [0.1, 0.15) is 11.4 Å². The second-order valence-electron chi connectivity index (χ2n) is 3.71. The van der Waals surface area contributed by atoms with Crippen molar-refractivity contribution in [1.82, 2.24) is 4.98 Å². The topological polar surface area (TPSA) is 51.2 Å². The van der Waals surface area contributed by atoms with Crippen LogP contribution < -0.4 is 5.32 Å². The number of hydrogen-bond acceptors (Lipinski definition) is 4. The molecule has 0 bridgehead atoms. The van der Waals surface area contributed by atoms with Crippen molar-refractivity contribution >= 4 is 33.1 Å². The third-order valence-corrected chi connectivity index (χ3v) is 3.25. The van der Waals surface area contributed by atoms with E-state index in [1.807, 2.05) is 25.1 Å². The molecule has 0 atom stereocenters. The van der Waals surface area contributed by atoms with E-state index < -0.39 is 0 Å². The average Bonchev–Trinajstić information content (AvgIpc) is 2.65. The van der Waals surface area contributed by atoms with Crippen molar-refractivity contribution in [3.63, 3.8) is 0 Å². The summed E-state index contributed by atoms with van der Waals surface area (Å²) >= 11 is 1.62. The number of benzene rings is 1. The first-order valence-corrected chi connectivity index (χ1v) is 6.16. The molecule has 0 radical (unpaired) electrons. The van der Waals surface area contributed by atoms with E-state index in [4.69, 9.17) is 4.74 Å². The highest BCUT2D eigenvalue weighted by molar-refractivity contribution is 7.18. The van der Waals surface area contributed by atoms with Gasteiger partial charge < -0.3 is 10.1 Å². The van der Waals surface area contributed by atoms with E-state index >= 15 is 0 Å². The molecule has 1 aromatic carbocycles. The van der Waals surface area contributed by atoms with Crippen molar-refractivity contribution < 1.29 is 9.53 Å². The Kier molecular flexibility index (Phi) is 3.71. The van der Waals surface area contributed by atoms with Crippen LogP contribution in [0.15, 0.2) is 18.2 Å². The summed E-state index contributed by atoms with van der Waals surface area (Å²) in [6, 6.07) is 5.74. The Hall–Kier alpha value is -1.46. The zero-order valence-electron chi connectivity index (χ0n) is 9.82. The van der Waals surface area contributed by atoms with Crippen LogP contribution in [0.3, 0.4) is 0 Å². The second kappa shape index (κ2) is 5.25. The molecule has 0 spiro atoms. The normalized spacial score (nSPS) is 10.7. The Balaban J connectivity index is 2.10. The molecule has 5 heteroatoms. The summed E-state index contributed by atoms with van der Waals surface area (Å²) in [4.78, 5) is 15.9. The maximum Gasteiger partial charge on any atom is 0.226 e. The molecule has 17 heavy (non-hydrogen) atoms. The highest BCUT2D eigenvalue weighted by Gasteiger charge is 2.04. The number of nitrogens with zero attached hydrogens (tertiary/aromatic N) is 1. The Morgan fingerprint density at radius 2 is 2.35 bits per heavy atom. The van der Waals surface area contributed by atoms with Gasteiger partial charge in [0, 0.05) is 12.8 Å². The van der Waals surface area contributed by atoms with Gasteiger partial charge in [-0.05, 0) is 25.1 Å². The molecule has 90 valence electrons. The van der Waals surface area contributed by atoms with Gasteiger partial charge >= 0.3 is 0 Å². The number of methoxy groups -OCH3 is 1. The van der Waals surface area contributed by atoms with Gasteiger partial charge in [0.2, 0.25) is 5.91 Å². The Morgan fingerprint density at radius 3 is 3.12 bits per heavy atom. The van der Waals surface area contributed by atoms with Gasteiger partial charge in [-0.1, -0.05) is 0 Å². The summed E-state index contributed by atoms with van der Waals surface area (Å²) in [5.41, 5.74) is 1.78. The molecule has 0 unspecified atom stereocenters. The van der Waals surface area contributed by atoms with Crippen molar-refractivity contribution in [2.75, 3.05) is 19.0 Å². The lowest BCUT2D eigenvalue weighted by molar-refractivity contribution is -0.117. The number of aromatic nitrogens is 1. The first kappa shape index (κ1) is 12.0. The van der Waals surface area contributed by atoms with Gasteiger partial charge in [0.05, 0.1) is 28.3 Å². The largest absolute Gasteiger partial charge is 0.384 e. The Morgan fingerprint density at radius 1 is 1.53 bits per heavy atom. The zero-order chi connectivity index (χ0) is 12.3. The Bertz CT molecular complexity index is 536. The zero-order valence-corrected chi connectivity index (χ0v) is 10.6. The van der Waals surface area contributed by atoms with Gasteiger partial charge in [-0.2, -0.15) is 0 Å². The molecule has 4 nitrogen and oxygen atoms in total. The maximum absolute atomic E-state index is 11.5. The first-order valence-electron chi connectivity index (χ1n) is 5.35. The van der Waals surface area contributed by atoms with Crippen molar-refractivity contribution in [3.05, 3.63) is 23.2 Å². The molecule has 0 aliphatic heterocycles. The number of carbonyl (C=O) groups is 1. The van der Waals surface area contributed by atoms with Gasteiger partial charge in [0.15, 0.2) is 0 Å². The molecular formula is C12H14N2O2S. The van der Waals surface area contributed by atoms with Gasteiger partial charge in [-0.15, -0.1) is 11.3 Å². The fourth-order valence-corrected chi connectivity index (χ4v) is 2.40. The number of thiazole rings is 1. The molecular weight excluding hydrogens is 236 g/mol. The van der Waals surface area contributed by atoms with E-state index in [0.717, 1.165) is 20.9 Å². The molecule has 0 aliphatic carbocycles. The molecule has 1 amide bonds. The van der Waals surface area contributed by atoms with E-state index in [-0.39, 0.29) is 5.91 Å². The van der Waals surface area contributed by atoms with E-state index in [2.05, 4.69) is 10.3 Å². The Labute approximate surface area is 104 Å². The minimum absolute atomic E-state index is 0.0348. The lowest BCUT2D eigenvalue weighted by Gasteiger charge is -2.04. The second-order valence-corrected chi connectivity index (χ2v) is 4.94. The minimum Gasteiger partial charge on any atom is -0.384 e. The standard InChI is InChI=1S/C12H14N2O2S/c1-8-13-10-4-3-9(7-11(10)17-8)14-12(15)5-6-16-2/h3-4,7H,5-6H2,1-2H3,(H,14,15). The third kappa shape index (κ3) is 3.01. The van der Waals surface area contributed by atoms with Crippen LogP contribution in [-0.2, 0) is 9.53 Å². The highest BCUT2D eigenvalue weighted by atomic mass is 32.1. The number of rotatable bonds is 4. The van der Waals surface area contributed by atoms with E-state index in [1.54, 1.807) is 18.4 Å². The summed E-state index contributed by atoms with van der Waals surface area (Å²) in [6.45, 7) is 2.41.